The van der Waals surface area contributed by atoms with Crippen LogP contribution in [-0.4, -0.2) is 45.1 Å². The molecular weight excluding hydrogens is 288 g/mol. The van der Waals surface area contributed by atoms with Crippen molar-refractivity contribution < 1.29 is 13.2 Å². The Kier molecular flexibility index (Phi) is 4.40. The standard InChI is InChI=1S/C10H16N4O3S2/c1-11-8-9(14-5-7-18-10(14)13-8)19(15,16)12-4-3-6-17-2/h5,7,11-12H,3-4,6H2,1-2H3. The van der Waals surface area contributed by atoms with Crippen molar-refractivity contribution in [3.8, 4) is 0 Å². The SMILES string of the molecule is CNc1nc2sccn2c1S(=O)(=O)NCCCOC. The fourth-order valence-corrected chi connectivity index (χ4v) is 3.81. The molecule has 0 spiro atoms. The summed E-state index contributed by atoms with van der Waals surface area (Å²) in [6.45, 7) is 0.846. The van der Waals surface area contributed by atoms with Crippen LogP contribution in [0, 0.1) is 0 Å². The highest BCUT2D eigenvalue weighted by Crippen LogP contribution is 2.24. The number of thiazole rings is 1. The van der Waals surface area contributed by atoms with Gasteiger partial charge < -0.3 is 10.1 Å². The Morgan fingerprint density at radius 3 is 3.00 bits per heavy atom. The maximum Gasteiger partial charge on any atom is 0.260 e. The number of ether oxygens (including phenoxy) is 1. The molecule has 0 bridgehead atoms. The number of imidazole rings is 1. The van der Waals surface area contributed by atoms with E-state index in [2.05, 4.69) is 15.0 Å². The molecule has 0 fully saturated rings. The van der Waals surface area contributed by atoms with Crippen molar-refractivity contribution in [2.24, 2.45) is 0 Å². The first-order valence-electron chi connectivity index (χ1n) is 5.72. The highest BCUT2D eigenvalue weighted by molar-refractivity contribution is 7.89. The molecule has 0 aromatic carbocycles. The van der Waals surface area contributed by atoms with Gasteiger partial charge in [-0.25, -0.2) is 18.1 Å². The number of nitrogens with zero attached hydrogens (tertiary/aromatic N) is 2. The summed E-state index contributed by atoms with van der Waals surface area (Å²) in [5, 5.41) is 4.75. The van der Waals surface area contributed by atoms with Gasteiger partial charge in [-0.05, 0) is 6.42 Å². The lowest BCUT2D eigenvalue weighted by atomic mass is 10.5. The van der Waals surface area contributed by atoms with Gasteiger partial charge in [-0.2, -0.15) is 0 Å². The van der Waals surface area contributed by atoms with E-state index in [0.29, 0.717) is 30.4 Å². The van der Waals surface area contributed by atoms with Crippen LogP contribution in [0.1, 0.15) is 6.42 Å². The molecule has 7 nitrogen and oxygen atoms in total. The van der Waals surface area contributed by atoms with Crippen LogP contribution in [0.5, 0.6) is 0 Å². The number of methoxy groups -OCH3 is 1. The molecule has 2 heterocycles. The van der Waals surface area contributed by atoms with E-state index in [1.807, 2.05) is 0 Å². The van der Waals surface area contributed by atoms with Crippen LogP contribution in [0.3, 0.4) is 0 Å². The van der Waals surface area contributed by atoms with Gasteiger partial charge in [0.25, 0.3) is 10.0 Å². The van der Waals surface area contributed by atoms with Gasteiger partial charge in [-0.1, -0.05) is 0 Å². The summed E-state index contributed by atoms with van der Waals surface area (Å²) in [4.78, 5) is 4.87. The number of aromatic nitrogens is 2. The molecule has 2 rings (SSSR count). The molecule has 0 radical (unpaired) electrons. The third kappa shape index (κ3) is 2.89. The van der Waals surface area contributed by atoms with Crippen molar-refractivity contribution in [1.29, 1.82) is 0 Å². The molecular formula is C10H16N4O3S2. The normalized spacial score (nSPS) is 12.1. The molecule has 2 N–H and O–H groups in total. The quantitative estimate of drug-likeness (QED) is 0.738. The van der Waals surface area contributed by atoms with Gasteiger partial charge in [0.2, 0.25) is 0 Å². The molecule has 2 aromatic rings. The predicted octanol–water partition coefficient (Wildman–Crippen LogP) is 0.752. The van der Waals surface area contributed by atoms with E-state index in [0.717, 1.165) is 0 Å². The van der Waals surface area contributed by atoms with E-state index in [9.17, 15) is 8.42 Å². The van der Waals surface area contributed by atoms with Crippen LogP contribution in [-0.2, 0) is 14.8 Å². The molecule has 0 atom stereocenters. The van der Waals surface area contributed by atoms with E-state index < -0.39 is 10.0 Å². The van der Waals surface area contributed by atoms with E-state index in [1.165, 1.54) is 11.3 Å². The molecule has 0 aliphatic rings. The van der Waals surface area contributed by atoms with Crippen LogP contribution in [0.25, 0.3) is 4.96 Å². The molecule has 0 aliphatic heterocycles. The van der Waals surface area contributed by atoms with Crippen molar-refractivity contribution >= 4 is 32.1 Å². The van der Waals surface area contributed by atoms with Gasteiger partial charge in [0.15, 0.2) is 15.8 Å². The first-order chi connectivity index (χ1) is 9.10. The maximum absolute atomic E-state index is 12.3. The number of hydrogen-bond donors (Lipinski definition) is 2. The number of sulfonamides is 1. The van der Waals surface area contributed by atoms with Crippen molar-refractivity contribution in [3.05, 3.63) is 11.6 Å². The van der Waals surface area contributed by atoms with Crippen molar-refractivity contribution in [2.75, 3.05) is 32.6 Å². The monoisotopic (exact) mass is 304 g/mol. The summed E-state index contributed by atoms with van der Waals surface area (Å²) in [6, 6.07) is 0. The summed E-state index contributed by atoms with van der Waals surface area (Å²) in [6.07, 6.45) is 2.31. The van der Waals surface area contributed by atoms with Crippen LogP contribution in [0.2, 0.25) is 0 Å². The molecule has 2 aromatic heterocycles. The van der Waals surface area contributed by atoms with Gasteiger partial charge in [0.1, 0.15) is 0 Å². The molecule has 0 unspecified atom stereocenters. The number of rotatable bonds is 7. The highest BCUT2D eigenvalue weighted by atomic mass is 32.2. The molecule has 106 valence electrons. The Morgan fingerprint density at radius 2 is 2.32 bits per heavy atom. The smallest absolute Gasteiger partial charge is 0.260 e. The lowest BCUT2D eigenvalue weighted by Gasteiger charge is -2.07. The maximum atomic E-state index is 12.3. The average molecular weight is 304 g/mol. The van der Waals surface area contributed by atoms with E-state index in [4.69, 9.17) is 4.74 Å². The minimum Gasteiger partial charge on any atom is -0.385 e. The Hall–Kier alpha value is -1.16. The Balaban J connectivity index is 2.28. The second kappa shape index (κ2) is 5.87. The van der Waals surface area contributed by atoms with E-state index in [1.54, 1.807) is 30.1 Å². The fourth-order valence-electron chi connectivity index (χ4n) is 1.68. The Morgan fingerprint density at radius 1 is 1.53 bits per heavy atom. The van der Waals surface area contributed by atoms with Crippen LogP contribution < -0.4 is 10.0 Å². The number of hydrogen-bond acceptors (Lipinski definition) is 6. The Bertz CT molecular complexity index is 647. The Labute approximate surface area is 115 Å². The van der Waals surface area contributed by atoms with Crippen LogP contribution in [0.15, 0.2) is 16.6 Å². The van der Waals surface area contributed by atoms with Gasteiger partial charge in [0, 0.05) is 38.9 Å². The topological polar surface area (TPSA) is 84.7 Å². The minimum absolute atomic E-state index is 0.142. The molecule has 9 heteroatoms. The third-order valence-electron chi connectivity index (χ3n) is 2.53. The lowest BCUT2D eigenvalue weighted by molar-refractivity contribution is 0.196. The van der Waals surface area contributed by atoms with Gasteiger partial charge in [-0.3, -0.25) is 4.40 Å². The van der Waals surface area contributed by atoms with Crippen LogP contribution >= 0.6 is 11.3 Å². The second-order valence-electron chi connectivity index (χ2n) is 3.82. The van der Waals surface area contributed by atoms with Crippen molar-refractivity contribution in [1.82, 2.24) is 14.1 Å². The molecule has 0 aliphatic carbocycles. The lowest BCUT2D eigenvalue weighted by Crippen LogP contribution is -2.27. The predicted molar refractivity (Wildman–Crippen MR) is 74.3 cm³/mol. The second-order valence-corrected chi connectivity index (χ2v) is 6.37. The summed E-state index contributed by atoms with van der Waals surface area (Å²) >= 11 is 1.39. The highest BCUT2D eigenvalue weighted by Gasteiger charge is 2.24. The summed E-state index contributed by atoms with van der Waals surface area (Å²) in [7, 11) is -0.366. The average Bonchev–Trinajstić information content (AvgIpc) is 2.93. The number of nitrogens with one attached hydrogen (secondary N) is 2. The molecule has 0 amide bonds. The molecule has 0 saturated heterocycles. The molecule has 19 heavy (non-hydrogen) atoms. The van der Waals surface area contributed by atoms with Crippen molar-refractivity contribution in [3.63, 3.8) is 0 Å². The molecule has 0 saturated carbocycles. The zero-order valence-corrected chi connectivity index (χ0v) is 12.3. The largest absolute Gasteiger partial charge is 0.385 e. The van der Waals surface area contributed by atoms with Gasteiger partial charge in [-0.15, -0.1) is 11.3 Å². The van der Waals surface area contributed by atoms with E-state index in [-0.39, 0.29) is 5.03 Å². The van der Waals surface area contributed by atoms with Crippen LogP contribution in [0.4, 0.5) is 5.82 Å². The van der Waals surface area contributed by atoms with Crippen molar-refractivity contribution in [2.45, 2.75) is 11.4 Å². The summed E-state index contributed by atoms with van der Waals surface area (Å²) in [5.41, 5.74) is 0. The summed E-state index contributed by atoms with van der Waals surface area (Å²) < 4.78 is 33.6. The number of anilines is 1. The van der Waals surface area contributed by atoms with Gasteiger partial charge >= 0.3 is 0 Å². The van der Waals surface area contributed by atoms with E-state index >= 15 is 0 Å². The third-order valence-corrected chi connectivity index (χ3v) is 4.77. The minimum atomic E-state index is -3.60. The first-order valence-corrected chi connectivity index (χ1v) is 8.08. The zero-order chi connectivity index (χ0) is 13.9. The van der Waals surface area contributed by atoms with Gasteiger partial charge in [0.05, 0.1) is 0 Å². The zero-order valence-electron chi connectivity index (χ0n) is 10.7. The summed E-state index contributed by atoms with van der Waals surface area (Å²) in [5.74, 6) is 0.353. The number of fused-ring (bicyclic) bond motifs is 1. The first kappa shape index (κ1) is 14.3. The fraction of sp³-hybridized carbons (Fsp3) is 0.500.